The average Bonchev–Trinajstić information content (AvgIpc) is 2.63. The molecule has 0 radical (unpaired) electrons. The number of hydrogen-bond donors (Lipinski definition) is 0. The van der Waals surface area contributed by atoms with Crippen LogP contribution in [-0.4, -0.2) is 37.9 Å². The molecule has 1 aliphatic heterocycles. The van der Waals surface area contributed by atoms with Crippen LogP contribution in [0.2, 0.25) is 0 Å². The summed E-state index contributed by atoms with van der Waals surface area (Å²) in [5, 5.41) is 0. The summed E-state index contributed by atoms with van der Waals surface area (Å²) in [5.41, 5.74) is 4.34. The third-order valence-corrected chi connectivity index (χ3v) is 4.46. The first-order chi connectivity index (χ1) is 11.6. The topological polar surface area (TPSA) is 31.2 Å². The Kier molecular flexibility index (Phi) is 4.65. The molecule has 2 unspecified atom stereocenters. The van der Waals surface area contributed by atoms with Crippen LogP contribution < -0.4 is 9.80 Å². The molecule has 2 atom stereocenters. The lowest BCUT2D eigenvalue weighted by Gasteiger charge is -2.35. The first-order valence-corrected chi connectivity index (χ1v) is 8.22. The second kappa shape index (κ2) is 6.87. The Morgan fingerprint density at radius 1 is 0.625 bits per heavy atom. The van der Waals surface area contributed by atoms with Gasteiger partial charge in [0.2, 0.25) is 0 Å². The van der Waals surface area contributed by atoms with E-state index in [4.69, 9.17) is 9.98 Å². The van der Waals surface area contributed by atoms with Gasteiger partial charge in [-0.15, -0.1) is 0 Å². The van der Waals surface area contributed by atoms with Crippen molar-refractivity contribution >= 4 is 22.8 Å². The van der Waals surface area contributed by atoms with E-state index < -0.39 is 0 Å². The second-order valence-electron chi connectivity index (χ2n) is 6.18. The number of aliphatic imine (C=N–C) groups is 2. The Morgan fingerprint density at radius 3 is 1.29 bits per heavy atom. The van der Waals surface area contributed by atoms with Crippen molar-refractivity contribution < 1.29 is 0 Å². The van der Waals surface area contributed by atoms with Gasteiger partial charge in [0.05, 0.1) is 11.4 Å². The highest BCUT2D eigenvalue weighted by Gasteiger charge is 2.27. The third kappa shape index (κ3) is 3.18. The standard InChI is InChI=1S/C20H24N4/c1-15-19(23(3)17-11-7-5-8-12-17)22-16(2)20(21-15)24(4)18-13-9-6-10-14-18/h5-14,19-20H,1-4H3. The molecule has 1 aliphatic rings. The molecule has 3 rings (SSSR count). The van der Waals surface area contributed by atoms with Gasteiger partial charge in [-0.25, -0.2) is 0 Å². The van der Waals surface area contributed by atoms with Gasteiger partial charge in [0, 0.05) is 25.5 Å². The molecule has 124 valence electrons. The molecule has 0 N–H and O–H groups in total. The Bertz CT molecular complexity index is 671. The smallest absolute Gasteiger partial charge is 0.159 e. The van der Waals surface area contributed by atoms with Crippen LogP contribution in [0.4, 0.5) is 11.4 Å². The molecule has 0 saturated heterocycles. The molecule has 0 spiro atoms. The molecule has 0 fully saturated rings. The van der Waals surface area contributed by atoms with E-state index in [1.165, 1.54) is 0 Å². The number of nitrogens with zero attached hydrogens (tertiary/aromatic N) is 4. The summed E-state index contributed by atoms with van der Waals surface area (Å²) in [7, 11) is 4.13. The molecule has 4 heteroatoms. The van der Waals surface area contributed by atoms with Gasteiger partial charge < -0.3 is 9.80 Å². The largest absolute Gasteiger partial charge is 0.348 e. The van der Waals surface area contributed by atoms with Crippen LogP contribution in [0.25, 0.3) is 0 Å². The van der Waals surface area contributed by atoms with Crippen molar-refractivity contribution in [2.24, 2.45) is 9.98 Å². The van der Waals surface area contributed by atoms with Gasteiger partial charge in [0.25, 0.3) is 0 Å². The molecule has 0 aromatic heterocycles. The minimum atomic E-state index is -0.0483. The predicted molar refractivity (Wildman–Crippen MR) is 103 cm³/mol. The molecule has 2 aromatic rings. The molecule has 4 nitrogen and oxygen atoms in total. The van der Waals surface area contributed by atoms with Crippen molar-refractivity contribution in [3.8, 4) is 0 Å². The molecule has 0 aliphatic carbocycles. The number of benzene rings is 2. The first-order valence-electron chi connectivity index (χ1n) is 8.22. The van der Waals surface area contributed by atoms with Crippen LogP contribution in [0.5, 0.6) is 0 Å². The van der Waals surface area contributed by atoms with Crippen molar-refractivity contribution in [2.45, 2.75) is 26.2 Å². The van der Waals surface area contributed by atoms with Gasteiger partial charge in [0.1, 0.15) is 0 Å². The normalized spacial score (nSPS) is 20.2. The number of rotatable bonds is 4. The number of hydrogen-bond acceptors (Lipinski definition) is 4. The molecule has 2 aromatic carbocycles. The highest BCUT2D eigenvalue weighted by molar-refractivity contribution is 6.01. The summed E-state index contributed by atoms with van der Waals surface area (Å²) in [6.07, 6.45) is -0.0966. The van der Waals surface area contributed by atoms with Gasteiger partial charge in [0.15, 0.2) is 12.3 Å². The summed E-state index contributed by atoms with van der Waals surface area (Å²) in [6, 6.07) is 20.6. The Morgan fingerprint density at radius 2 is 0.958 bits per heavy atom. The van der Waals surface area contributed by atoms with Gasteiger partial charge in [-0.3, -0.25) is 9.98 Å². The molecule has 1 heterocycles. The SMILES string of the molecule is CC1=NC(N(C)c2ccccc2)C(C)=NC1N(C)c1ccccc1. The van der Waals surface area contributed by atoms with Crippen LogP contribution in [0, 0.1) is 0 Å². The number of para-hydroxylation sites is 2. The van der Waals surface area contributed by atoms with Crippen LogP contribution in [-0.2, 0) is 0 Å². The molecule has 24 heavy (non-hydrogen) atoms. The van der Waals surface area contributed by atoms with Crippen molar-refractivity contribution in [2.75, 3.05) is 23.9 Å². The van der Waals surface area contributed by atoms with Crippen molar-refractivity contribution in [1.29, 1.82) is 0 Å². The Hall–Kier alpha value is -2.62. The quantitative estimate of drug-likeness (QED) is 0.857. The summed E-state index contributed by atoms with van der Waals surface area (Å²) >= 11 is 0. The monoisotopic (exact) mass is 320 g/mol. The van der Waals surface area contributed by atoms with E-state index in [0.717, 1.165) is 22.8 Å². The van der Waals surface area contributed by atoms with E-state index in [1.54, 1.807) is 0 Å². The maximum Gasteiger partial charge on any atom is 0.159 e. The molecule has 0 amide bonds. The van der Waals surface area contributed by atoms with Crippen LogP contribution in [0.1, 0.15) is 13.8 Å². The fraction of sp³-hybridized carbons (Fsp3) is 0.300. The van der Waals surface area contributed by atoms with E-state index in [1.807, 2.05) is 36.4 Å². The zero-order valence-corrected chi connectivity index (χ0v) is 14.7. The summed E-state index contributed by atoms with van der Waals surface area (Å²) in [6.45, 7) is 4.12. The maximum atomic E-state index is 4.94. The van der Waals surface area contributed by atoms with Gasteiger partial charge >= 0.3 is 0 Å². The third-order valence-electron chi connectivity index (χ3n) is 4.46. The summed E-state index contributed by atoms with van der Waals surface area (Å²) in [5.74, 6) is 0. The van der Waals surface area contributed by atoms with Gasteiger partial charge in [-0.1, -0.05) is 36.4 Å². The highest BCUT2D eigenvalue weighted by atomic mass is 15.3. The lowest BCUT2D eigenvalue weighted by atomic mass is 10.1. The molecular weight excluding hydrogens is 296 g/mol. The molecule has 0 saturated carbocycles. The van der Waals surface area contributed by atoms with Crippen LogP contribution in [0.15, 0.2) is 70.6 Å². The van der Waals surface area contributed by atoms with Crippen molar-refractivity contribution in [3.63, 3.8) is 0 Å². The average molecular weight is 320 g/mol. The lowest BCUT2D eigenvalue weighted by molar-refractivity contribution is 0.736. The van der Waals surface area contributed by atoms with E-state index in [9.17, 15) is 0 Å². The van der Waals surface area contributed by atoms with E-state index in [0.29, 0.717) is 0 Å². The lowest BCUT2D eigenvalue weighted by Crippen LogP contribution is -2.46. The molecule has 0 bridgehead atoms. The highest BCUT2D eigenvalue weighted by Crippen LogP contribution is 2.23. The summed E-state index contributed by atoms with van der Waals surface area (Å²) < 4.78 is 0. The Balaban J connectivity index is 1.84. The van der Waals surface area contributed by atoms with Crippen LogP contribution >= 0.6 is 0 Å². The van der Waals surface area contributed by atoms with Gasteiger partial charge in [-0.05, 0) is 38.1 Å². The van der Waals surface area contributed by atoms with Crippen molar-refractivity contribution in [3.05, 3.63) is 60.7 Å². The zero-order valence-electron chi connectivity index (χ0n) is 14.7. The van der Waals surface area contributed by atoms with Crippen molar-refractivity contribution in [1.82, 2.24) is 0 Å². The summed E-state index contributed by atoms with van der Waals surface area (Å²) in [4.78, 5) is 14.2. The zero-order chi connectivity index (χ0) is 17.1. The fourth-order valence-corrected chi connectivity index (χ4v) is 3.05. The minimum Gasteiger partial charge on any atom is -0.348 e. The molecular formula is C20H24N4. The Labute approximate surface area is 144 Å². The number of anilines is 2. The van der Waals surface area contributed by atoms with Crippen LogP contribution in [0.3, 0.4) is 0 Å². The minimum absolute atomic E-state index is 0.0483. The maximum absolute atomic E-state index is 4.94. The predicted octanol–water partition coefficient (Wildman–Crippen LogP) is 3.85. The second-order valence-corrected chi connectivity index (χ2v) is 6.18. The van der Waals surface area contributed by atoms with E-state index >= 15 is 0 Å². The van der Waals surface area contributed by atoms with E-state index in [2.05, 4.69) is 62.0 Å². The van der Waals surface area contributed by atoms with Gasteiger partial charge in [-0.2, -0.15) is 0 Å². The van der Waals surface area contributed by atoms with E-state index in [-0.39, 0.29) is 12.3 Å². The first kappa shape index (κ1) is 16.2. The fourth-order valence-electron chi connectivity index (χ4n) is 3.05.